The lowest BCUT2D eigenvalue weighted by atomic mass is 10.2. The Balaban J connectivity index is 2.44. The van der Waals surface area contributed by atoms with Gasteiger partial charge < -0.3 is 0 Å². The van der Waals surface area contributed by atoms with Crippen LogP contribution in [0.25, 0.3) is 10.6 Å². The van der Waals surface area contributed by atoms with E-state index in [0.717, 1.165) is 21.0 Å². The minimum absolute atomic E-state index is 0.530. The molecule has 0 aliphatic heterocycles. The van der Waals surface area contributed by atoms with Crippen molar-refractivity contribution in [3.63, 3.8) is 0 Å². The first kappa shape index (κ1) is 9.62. The number of halogens is 1. The highest BCUT2D eigenvalue weighted by Gasteiger charge is 2.06. The molecule has 0 aliphatic rings. The number of thiazole rings is 1. The summed E-state index contributed by atoms with van der Waals surface area (Å²) in [5, 5.41) is 1.01. The summed E-state index contributed by atoms with van der Waals surface area (Å²) >= 11 is 7.35. The van der Waals surface area contributed by atoms with E-state index in [9.17, 15) is 0 Å². The molecule has 0 fully saturated rings. The van der Waals surface area contributed by atoms with Crippen LogP contribution < -0.4 is 0 Å². The number of nitrogens with zero attached hydrogens (tertiary/aromatic N) is 2. The fourth-order valence-electron chi connectivity index (χ4n) is 1.21. The van der Waals surface area contributed by atoms with Crippen LogP contribution in [0.15, 0.2) is 24.7 Å². The molecule has 0 saturated heterocycles. The van der Waals surface area contributed by atoms with Gasteiger partial charge in [-0.15, -0.1) is 22.9 Å². The van der Waals surface area contributed by atoms with Gasteiger partial charge in [0, 0.05) is 29.0 Å². The molecular weight excluding hydrogens is 216 g/mol. The minimum Gasteiger partial charge on any atom is -0.264 e. The molecule has 0 atom stereocenters. The third-order valence-electron chi connectivity index (χ3n) is 1.94. The van der Waals surface area contributed by atoms with E-state index in [1.807, 2.05) is 25.4 Å². The van der Waals surface area contributed by atoms with Crippen LogP contribution in [0.2, 0.25) is 0 Å². The lowest BCUT2D eigenvalue weighted by Crippen LogP contribution is -1.82. The lowest BCUT2D eigenvalue weighted by Gasteiger charge is -1.98. The van der Waals surface area contributed by atoms with Gasteiger partial charge in [-0.1, -0.05) is 0 Å². The zero-order valence-electron chi connectivity index (χ0n) is 7.70. The second-order valence-corrected chi connectivity index (χ2v) is 4.34. The maximum absolute atomic E-state index is 5.73. The standard InChI is InChI=1S/C10H9ClN2S/c1-7-5-12-3-2-9(7)10-13-6-8(4-11)14-10/h2-3,5-6H,4H2,1H3. The quantitative estimate of drug-likeness (QED) is 0.732. The first-order valence-corrected chi connectivity index (χ1v) is 5.58. The number of pyridine rings is 1. The molecule has 2 nitrogen and oxygen atoms in total. The predicted octanol–water partition coefficient (Wildman–Crippen LogP) is 3.25. The van der Waals surface area contributed by atoms with Crippen molar-refractivity contribution < 1.29 is 0 Å². The van der Waals surface area contributed by atoms with Crippen LogP contribution in [0.4, 0.5) is 0 Å². The normalized spacial score (nSPS) is 10.4. The van der Waals surface area contributed by atoms with Crippen LogP contribution in [-0.4, -0.2) is 9.97 Å². The average Bonchev–Trinajstić information content (AvgIpc) is 2.67. The number of aryl methyl sites for hydroxylation is 1. The van der Waals surface area contributed by atoms with Crippen LogP contribution in [0.5, 0.6) is 0 Å². The predicted molar refractivity (Wildman–Crippen MR) is 59.6 cm³/mol. The van der Waals surface area contributed by atoms with Gasteiger partial charge in [0.25, 0.3) is 0 Å². The average molecular weight is 225 g/mol. The van der Waals surface area contributed by atoms with Gasteiger partial charge in [-0.3, -0.25) is 4.98 Å². The van der Waals surface area contributed by atoms with Crippen LogP contribution in [0.3, 0.4) is 0 Å². The molecule has 0 amide bonds. The van der Waals surface area contributed by atoms with Gasteiger partial charge in [0.1, 0.15) is 5.01 Å². The fourth-order valence-corrected chi connectivity index (χ4v) is 2.29. The van der Waals surface area contributed by atoms with Crippen LogP contribution in [0.1, 0.15) is 10.4 Å². The first-order valence-electron chi connectivity index (χ1n) is 4.23. The van der Waals surface area contributed by atoms with E-state index in [2.05, 4.69) is 9.97 Å². The van der Waals surface area contributed by atoms with Crippen molar-refractivity contribution in [3.8, 4) is 10.6 Å². The van der Waals surface area contributed by atoms with Gasteiger partial charge in [-0.05, 0) is 18.6 Å². The molecule has 0 spiro atoms. The van der Waals surface area contributed by atoms with Crippen molar-refractivity contribution in [1.82, 2.24) is 9.97 Å². The Labute approximate surface area is 91.6 Å². The summed E-state index contributed by atoms with van der Waals surface area (Å²) in [5.74, 6) is 0.530. The van der Waals surface area contributed by atoms with E-state index in [-0.39, 0.29) is 0 Å². The summed E-state index contributed by atoms with van der Waals surface area (Å²) < 4.78 is 0. The van der Waals surface area contributed by atoms with Gasteiger partial charge >= 0.3 is 0 Å². The van der Waals surface area contributed by atoms with Crippen LogP contribution in [0, 0.1) is 6.92 Å². The summed E-state index contributed by atoms with van der Waals surface area (Å²) in [6.45, 7) is 2.03. The van der Waals surface area contributed by atoms with Gasteiger partial charge in [-0.25, -0.2) is 4.98 Å². The molecule has 2 rings (SSSR count). The molecule has 2 aromatic heterocycles. The Hall–Kier alpha value is -0.930. The van der Waals surface area contributed by atoms with Crippen molar-refractivity contribution in [2.45, 2.75) is 12.8 Å². The van der Waals surface area contributed by atoms with E-state index in [0.29, 0.717) is 5.88 Å². The number of rotatable bonds is 2. The van der Waals surface area contributed by atoms with E-state index in [1.54, 1.807) is 17.5 Å². The van der Waals surface area contributed by atoms with Crippen molar-refractivity contribution in [2.75, 3.05) is 0 Å². The molecule has 0 radical (unpaired) electrons. The maximum atomic E-state index is 5.73. The second-order valence-electron chi connectivity index (χ2n) is 2.96. The topological polar surface area (TPSA) is 25.8 Å². The smallest absolute Gasteiger partial charge is 0.123 e. The summed E-state index contributed by atoms with van der Waals surface area (Å²) in [4.78, 5) is 9.47. The minimum atomic E-state index is 0.530. The SMILES string of the molecule is Cc1cnccc1-c1ncc(CCl)s1. The zero-order valence-corrected chi connectivity index (χ0v) is 9.27. The van der Waals surface area contributed by atoms with Crippen molar-refractivity contribution in [3.05, 3.63) is 35.1 Å². The van der Waals surface area contributed by atoms with E-state index in [1.165, 1.54) is 0 Å². The van der Waals surface area contributed by atoms with Gasteiger partial charge in [0.15, 0.2) is 0 Å². The number of hydrogen-bond acceptors (Lipinski definition) is 3. The Morgan fingerprint density at radius 2 is 2.29 bits per heavy atom. The second kappa shape index (κ2) is 4.07. The summed E-state index contributed by atoms with van der Waals surface area (Å²) in [5.41, 5.74) is 2.28. The molecule has 72 valence electrons. The fraction of sp³-hybridized carbons (Fsp3) is 0.200. The van der Waals surface area contributed by atoms with Crippen LogP contribution >= 0.6 is 22.9 Å². The molecule has 2 aromatic rings. The van der Waals surface area contributed by atoms with Crippen molar-refractivity contribution in [1.29, 1.82) is 0 Å². The highest BCUT2D eigenvalue weighted by Crippen LogP contribution is 2.27. The molecule has 0 aliphatic carbocycles. The molecule has 0 unspecified atom stereocenters. The number of hydrogen-bond donors (Lipinski definition) is 0. The molecule has 4 heteroatoms. The van der Waals surface area contributed by atoms with Gasteiger partial charge in [0.2, 0.25) is 0 Å². The third kappa shape index (κ3) is 1.79. The van der Waals surface area contributed by atoms with Gasteiger partial charge in [0.05, 0.1) is 5.88 Å². The third-order valence-corrected chi connectivity index (χ3v) is 3.41. The number of aromatic nitrogens is 2. The summed E-state index contributed by atoms with van der Waals surface area (Å²) in [6.07, 6.45) is 5.45. The highest BCUT2D eigenvalue weighted by molar-refractivity contribution is 7.15. The maximum Gasteiger partial charge on any atom is 0.123 e. The molecule has 14 heavy (non-hydrogen) atoms. The van der Waals surface area contributed by atoms with E-state index >= 15 is 0 Å². The molecule has 0 bridgehead atoms. The molecule has 0 N–H and O–H groups in total. The van der Waals surface area contributed by atoms with E-state index < -0.39 is 0 Å². The lowest BCUT2D eigenvalue weighted by molar-refractivity contribution is 1.26. The van der Waals surface area contributed by atoms with Crippen molar-refractivity contribution in [2.24, 2.45) is 0 Å². The zero-order chi connectivity index (χ0) is 9.97. The Morgan fingerprint density at radius 3 is 2.93 bits per heavy atom. The molecule has 2 heterocycles. The first-order chi connectivity index (χ1) is 6.81. The van der Waals surface area contributed by atoms with Crippen LogP contribution in [-0.2, 0) is 5.88 Å². The number of alkyl halides is 1. The Bertz CT molecular complexity index is 439. The highest BCUT2D eigenvalue weighted by atomic mass is 35.5. The van der Waals surface area contributed by atoms with E-state index in [4.69, 9.17) is 11.6 Å². The summed E-state index contributed by atoms with van der Waals surface area (Å²) in [6, 6.07) is 1.98. The molecular formula is C10H9ClN2S. The molecule has 0 saturated carbocycles. The summed E-state index contributed by atoms with van der Waals surface area (Å²) in [7, 11) is 0. The Kier molecular flexibility index (Phi) is 2.79. The van der Waals surface area contributed by atoms with Gasteiger partial charge in [-0.2, -0.15) is 0 Å². The van der Waals surface area contributed by atoms with Crippen molar-refractivity contribution >= 4 is 22.9 Å². The monoisotopic (exact) mass is 224 g/mol. The largest absolute Gasteiger partial charge is 0.264 e. The molecule has 0 aromatic carbocycles. The Morgan fingerprint density at radius 1 is 1.43 bits per heavy atom.